The summed E-state index contributed by atoms with van der Waals surface area (Å²) >= 11 is 0. The van der Waals surface area contributed by atoms with Gasteiger partial charge in [-0.25, -0.2) is 0 Å². The van der Waals surface area contributed by atoms with Gasteiger partial charge in [-0.1, -0.05) is 25.1 Å². The van der Waals surface area contributed by atoms with Gasteiger partial charge in [-0.2, -0.15) is 0 Å². The van der Waals surface area contributed by atoms with Crippen LogP contribution in [-0.4, -0.2) is 24.5 Å². The first-order valence-corrected chi connectivity index (χ1v) is 6.90. The first-order valence-electron chi connectivity index (χ1n) is 6.90. The van der Waals surface area contributed by atoms with Gasteiger partial charge in [0.25, 0.3) is 0 Å². The first-order chi connectivity index (χ1) is 8.33. The smallest absolute Gasteiger partial charge is 0.0419 e. The fraction of sp³-hybridized carbons (Fsp3) is 0.600. The van der Waals surface area contributed by atoms with Crippen molar-refractivity contribution in [3.05, 3.63) is 29.3 Å². The summed E-state index contributed by atoms with van der Waals surface area (Å²) in [7, 11) is 0. The lowest BCUT2D eigenvalue weighted by Crippen LogP contribution is -2.33. The highest BCUT2D eigenvalue weighted by atomic mass is 15.1. The van der Waals surface area contributed by atoms with Crippen molar-refractivity contribution in [1.82, 2.24) is 4.90 Å². The first kappa shape index (κ1) is 11.1. The second-order valence-corrected chi connectivity index (χ2v) is 5.61. The number of hydrogen-bond donors (Lipinski definition) is 1. The van der Waals surface area contributed by atoms with Crippen molar-refractivity contribution in [2.24, 2.45) is 5.92 Å². The minimum Gasteiger partial charge on any atom is -0.384 e. The molecular formula is C15H22N2. The van der Waals surface area contributed by atoms with E-state index in [0.29, 0.717) is 0 Å². The predicted octanol–water partition coefficient (Wildman–Crippen LogP) is 2.89. The van der Waals surface area contributed by atoms with Crippen LogP contribution in [0.5, 0.6) is 0 Å². The minimum absolute atomic E-state index is 0.869. The summed E-state index contributed by atoms with van der Waals surface area (Å²) in [6.45, 7) is 7.15. The molecule has 2 heteroatoms. The van der Waals surface area contributed by atoms with Crippen LogP contribution in [0, 0.1) is 5.92 Å². The second-order valence-electron chi connectivity index (χ2n) is 5.61. The van der Waals surface area contributed by atoms with Gasteiger partial charge in [0.05, 0.1) is 0 Å². The van der Waals surface area contributed by atoms with Gasteiger partial charge in [0, 0.05) is 25.3 Å². The predicted molar refractivity (Wildman–Crippen MR) is 72.3 cm³/mol. The Hall–Kier alpha value is -1.02. The molecule has 0 aromatic heterocycles. The molecule has 2 aliphatic rings. The number of nitrogens with zero attached hydrogens (tertiary/aromatic N) is 1. The molecule has 0 radical (unpaired) electrons. The summed E-state index contributed by atoms with van der Waals surface area (Å²) in [6.07, 6.45) is 3.96. The number of benzene rings is 1. The molecule has 1 unspecified atom stereocenters. The number of para-hydroxylation sites is 1. The van der Waals surface area contributed by atoms with E-state index in [0.717, 1.165) is 19.0 Å². The number of anilines is 1. The van der Waals surface area contributed by atoms with Gasteiger partial charge in [0.2, 0.25) is 0 Å². The van der Waals surface area contributed by atoms with Gasteiger partial charge >= 0.3 is 0 Å². The SMILES string of the molecule is CC1CCCN(Cc2cccc3c2NCC3)C1. The van der Waals surface area contributed by atoms with Crippen molar-refractivity contribution in [2.75, 3.05) is 25.0 Å². The molecule has 1 atom stereocenters. The zero-order chi connectivity index (χ0) is 11.7. The quantitative estimate of drug-likeness (QED) is 0.840. The maximum absolute atomic E-state index is 3.54. The Bertz CT molecular complexity index is 400. The number of piperidine rings is 1. The van der Waals surface area contributed by atoms with Crippen molar-refractivity contribution in [3.8, 4) is 0 Å². The van der Waals surface area contributed by atoms with E-state index in [4.69, 9.17) is 0 Å². The summed E-state index contributed by atoms with van der Waals surface area (Å²) < 4.78 is 0. The molecule has 2 heterocycles. The van der Waals surface area contributed by atoms with Gasteiger partial charge in [-0.05, 0) is 42.9 Å². The number of hydrogen-bond acceptors (Lipinski definition) is 2. The topological polar surface area (TPSA) is 15.3 Å². The fourth-order valence-corrected chi connectivity index (χ4v) is 3.21. The average molecular weight is 230 g/mol. The van der Waals surface area contributed by atoms with Crippen molar-refractivity contribution in [1.29, 1.82) is 0 Å². The van der Waals surface area contributed by atoms with Crippen molar-refractivity contribution >= 4 is 5.69 Å². The van der Waals surface area contributed by atoms with E-state index in [9.17, 15) is 0 Å². The standard InChI is InChI=1S/C15H22N2/c1-12-4-3-9-17(10-12)11-14-6-2-5-13-7-8-16-15(13)14/h2,5-6,12,16H,3-4,7-11H2,1H3. The molecule has 1 N–H and O–H groups in total. The van der Waals surface area contributed by atoms with Crippen molar-refractivity contribution in [3.63, 3.8) is 0 Å². The molecule has 17 heavy (non-hydrogen) atoms. The molecule has 1 fully saturated rings. The van der Waals surface area contributed by atoms with E-state index < -0.39 is 0 Å². The summed E-state index contributed by atoms with van der Waals surface area (Å²) in [6, 6.07) is 6.77. The molecule has 1 aromatic carbocycles. The fourth-order valence-electron chi connectivity index (χ4n) is 3.21. The van der Waals surface area contributed by atoms with Crippen molar-refractivity contribution in [2.45, 2.75) is 32.7 Å². The maximum atomic E-state index is 3.54. The monoisotopic (exact) mass is 230 g/mol. The van der Waals surface area contributed by atoms with E-state index in [1.807, 2.05) is 0 Å². The number of fused-ring (bicyclic) bond motifs is 1. The highest BCUT2D eigenvalue weighted by Crippen LogP contribution is 2.28. The van der Waals surface area contributed by atoms with E-state index in [1.165, 1.54) is 49.2 Å². The number of likely N-dealkylation sites (tertiary alicyclic amines) is 1. The van der Waals surface area contributed by atoms with Gasteiger partial charge in [0.1, 0.15) is 0 Å². The third-order valence-electron chi connectivity index (χ3n) is 4.07. The molecule has 1 saturated heterocycles. The Morgan fingerprint density at radius 1 is 1.41 bits per heavy atom. The molecule has 3 rings (SSSR count). The Kier molecular flexibility index (Phi) is 3.06. The van der Waals surface area contributed by atoms with Crippen LogP contribution in [0.25, 0.3) is 0 Å². The van der Waals surface area contributed by atoms with Crippen LogP contribution in [0.4, 0.5) is 5.69 Å². The number of nitrogens with one attached hydrogen (secondary N) is 1. The molecule has 0 bridgehead atoms. The van der Waals surface area contributed by atoms with Crippen LogP contribution in [0.3, 0.4) is 0 Å². The highest BCUT2D eigenvalue weighted by molar-refractivity contribution is 5.61. The lowest BCUT2D eigenvalue weighted by Gasteiger charge is -2.31. The molecule has 0 amide bonds. The lowest BCUT2D eigenvalue weighted by atomic mass is 9.99. The summed E-state index contributed by atoms with van der Waals surface area (Å²) in [5, 5.41) is 3.54. The van der Waals surface area contributed by atoms with Crippen LogP contribution in [0.1, 0.15) is 30.9 Å². The molecule has 1 aromatic rings. The van der Waals surface area contributed by atoms with Crippen LogP contribution < -0.4 is 5.32 Å². The summed E-state index contributed by atoms with van der Waals surface area (Å²) in [5.41, 5.74) is 4.42. The minimum atomic E-state index is 0.869. The Morgan fingerprint density at radius 3 is 3.24 bits per heavy atom. The lowest BCUT2D eigenvalue weighted by molar-refractivity contribution is 0.177. The zero-order valence-corrected chi connectivity index (χ0v) is 10.7. The van der Waals surface area contributed by atoms with E-state index in [2.05, 4.69) is 35.3 Å². The molecule has 2 nitrogen and oxygen atoms in total. The van der Waals surface area contributed by atoms with Gasteiger partial charge in [-0.3, -0.25) is 4.90 Å². The summed E-state index contributed by atoms with van der Waals surface area (Å²) in [4.78, 5) is 2.61. The molecule has 2 aliphatic heterocycles. The van der Waals surface area contributed by atoms with Crippen LogP contribution >= 0.6 is 0 Å². The van der Waals surface area contributed by atoms with E-state index >= 15 is 0 Å². The molecule has 0 spiro atoms. The van der Waals surface area contributed by atoms with Crippen LogP contribution in [0.2, 0.25) is 0 Å². The summed E-state index contributed by atoms with van der Waals surface area (Å²) in [5.74, 6) is 0.869. The van der Waals surface area contributed by atoms with Gasteiger partial charge in [0.15, 0.2) is 0 Å². The van der Waals surface area contributed by atoms with E-state index in [1.54, 1.807) is 0 Å². The molecular weight excluding hydrogens is 208 g/mol. The van der Waals surface area contributed by atoms with E-state index in [-0.39, 0.29) is 0 Å². The highest BCUT2D eigenvalue weighted by Gasteiger charge is 2.19. The molecule has 0 aliphatic carbocycles. The number of rotatable bonds is 2. The molecule has 0 saturated carbocycles. The normalized spacial score (nSPS) is 24.4. The largest absolute Gasteiger partial charge is 0.384 e. The maximum Gasteiger partial charge on any atom is 0.0419 e. The molecule has 92 valence electrons. The zero-order valence-electron chi connectivity index (χ0n) is 10.7. The third-order valence-corrected chi connectivity index (χ3v) is 4.07. The van der Waals surface area contributed by atoms with Gasteiger partial charge < -0.3 is 5.32 Å². The van der Waals surface area contributed by atoms with Crippen LogP contribution in [0.15, 0.2) is 18.2 Å². The Morgan fingerprint density at radius 2 is 2.35 bits per heavy atom. The average Bonchev–Trinajstić information content (AvgIpc) is 2.78. The van der Waals surface area contributed by atoms with Crippen molar-refractivity contribution < 1.29 is 0 Å². The third kappa shape index (κ3) is 2.32. The van der Waals surface area contributed by atoms with Crippen LogP contribution in [-0.2, 0) is 13.0 Å². The van der Waals surface area contributed by atoms with Gasteiger partial charge in [-0.15, -0.1) is 0 Å². The second kappa shape index (κ2) is 4.69. The Labute approximate surface area is 104 Å². The Balaban J connectivity index is 1.74.